The Morgan fingerprint density at radius 1 is 1.18 bits per heavy atom. The summed E-state index contributed by atoms with van der Waals surface area (Å²) in [6.45, 7) is 2.10. The van der Waals surface area contributed by atoms with Gasteiger partial charge in [0.1, 0.15) is 0 Å². The van der Waals surface area contributed by atoms with Crippen molar-refractivity contribution in [3.8, 4) is 0 Å². The summed E-state index contributed by atoms with van der Waals surface area (Å²) in [5, 5.41) is 10.8. The second-order valence-corrected chi connectivity index (χ2v) is 2.99. The molecule has 0 aromatic rings. The Bertz CT molecular complexity index is 158. The van der Waals surface area contributed by atoms with Crippen LogP contribution in [0.1, 0.15) is 13.8 Å². The Labute approximate surface area is 76.8 Å². The lowest BCUT2D eigenvalue weighted by molar-refractivity contribution is -0.278. The fourth-order valence-corrected chi connectivity index (χ4v) is 0.984. The minimum atomic E-state index is -2.44. The minimum absolute atomic E-state index is 0.796. The average molecular weight is 273 g/mol. The first kappa shape index (κ1) is 10.6. The van der Waals surface area contributed by atoms with Gasteiger partial charge in [-0.3, -0.25) is 9.59 Å². The number of hydrogen-bond acceptors (Lipinski definition) is 4. The van der Waals surface area contributed by atoms with Crippen LogP contribution in [0.2, 0.25) is 0 Å². The number of esters is 2. The van der Waals surface area contributed by atoms with Crippen LogP contribution in [0.4, 0.5) is 0 Å². The zero-order chi connectivity index (χ0) is 9.07. The van der Waals surface area contributed by atoms with E-state index in [0.29, 0.717) is 0 Å². The predicted molar refractivity (Wildman–Crippen MR) is 41.0 cm³/mol. The molecule has 0 atom stereocenters. The maximum atomic E-state index is 10.8. The molecule has 0 fully saturated rings. The van der Waals surface area contributed by atoms with E-state index in [1.807, 2.05) is 0 Å². The fraction of sp³-hybridized carbons (Fsp3) is 0.600. The molecule has 0 aliphatic rings. The number of hydrogen-bond donors (Lipinski definition) is 0. The van der Waals surface area contributed by atoms with Crippen LogP contribution >= 0.6 is 22.6 Å². The zero-order valence-corrected chi connectivity index (χ0v) is 8.08. The maximum absolute atomic E-state index is 10.8. The van der Waals surface area contributed by atoms with Gasteiger partial charge in [-0.05, 0) is 0 Å². The lowest BCUT2D eigenvalue weighted by Crippen LogP contribution is -2.30. The van der Waals surface area contributed by atoms with E-state index in [0.717, 1.165) is 36.4 Å². The standard InChI is InChI=1S/C5H6IO5/c1-3(7)10-5(6,9)11-4(2)8/h1-2H3. The molecule has 0 amide bonds. The maximum Gasteiger partial charge on any atom is 0.457 e. The van der Waals surface area contributed by atoms with Crippen LogP contribution in [-0.2, 0) is 24.2 Å². The van der Waals surface area contributed by atoms with Gasteiger partial charge in [-0.2, -0.15) is 0 Å². The summed E-state index contributed by atoms with van der Waals surface area (Å²) in [4.78, 5) is 20.4. The van der Waals surface area contributed by atoms with Crippen LogP contribution in [0, 0.1) is 0 Å². The fourth-order valence-electron chi connectivity index (χ4n) is 0.364. The van der Waals surface area contributed by atoms with Crippen molar-refractivity contribution >= 4 is 34.5 Å². The Morgan fingerprint density at radius 3 is 1.64 bits per heavy atom. The van der Waals surface area contributed by atoms with Gasteiger partial charge in [0.2, 0.25) is 0 Å². The summed E-state index contributed by atoms with van der Waals surface area (Å²) in [6.07, 6.45) is 0. The third-order valence-electron chi connectivity index (χ3n) is 0.531. The van der Waals surface area contributed by atoms with Crippen molar-refractivity contribution < 1.29 is 24.2 Å². The highest BCUT2D eigenvalue weighted by atomic mass is 127. The first-order valence-electron chi connectivity index (χ1n) is 2.62. The number of carbonyl (C=O) groups is 2. The van der Waals surface area contributed by atoms with Crippen molar-refractivity contribution in [3.63, 3.8) is 0 Å². The first-order valence-corrected chi connectivity index (χ1v) is 3.70. The quantitative estimate of drug-likeness (QED) is 0.319. The highest BCUT2D eigenvalue weighted by Crippen LogP contribution is 2.19. The summed E-state index contributed by atoms with van der Waals surface area (Å²) in [7, 11) is 0. The number of alkyl halides is 1. The summed E-state index contributed by atoms with van der Waals surface area (Å²) in [5.74, 6) is -1.59. The SMILES string of the molecule is CC(=O)OC([O])(I)OC(C)=O. The smallest absolute Gasteiger partial charge is 0.388 e. The van der Waals surface area contributed by atoms with E-state index in [4.69, 9.17) is 0 Å². The normalized spacial score (nSPS) is 10.5. The van der Waals surface area contributed by atoms with Gasteiger partial charge in [0.25, 0.3) is 0 Å². The highest BCUT2D eigenvalue weighted by molar-refractivity contribution is 14.1. The van der Waals surface area contributed by atoms with Crippen molar-refractivity contribution in [1.82, 2.24) is 0 Å². The van der Waals surface area contributed by atoms with E-state index >= 15 is 0 Å². The minimum Gasteiger partial charge on any atom is -0.388 e. The van der Waals surface area contributed by atoms with Gasteiger partial charge in [-0.25, -0.2) is 0 Å². The van der Waals surface area contributed by atoms with Gasteiger partial charge in [-0.1, -0.05) is 0 Å². The van der Waals surface area contributed by atoms with Crippen LogP contribution in [0.25, 0.3) is 0 Å². The van der Waals surface area contributed by atoms with Gasteiger partial charge in [0.05, 0.1) is 22.6 Å². The van der Waals surface area contributed by atoms with E-state index in [2.05, 4.69) is 9.47 Å². The second-order valence-electron chi connectivity index (χ2n) is 1.67. The molecule has 0 N–H and O–H groups in total. The molecule has 0 saturated heterocycles. The molecular weight excluding hydrogens is 267 g/mol. The molecular formula is C5H6IO5. The van der Waals surface area contributed by atoms with E-state index in [1.165, 1.54) is 0 Å². The average Bonchev–Trinajstić information content (AvgIpc) is 1.53. The topological polar surface area (TPSA) is 72.5 Å². The third kappa shape index (κ3) is 6.05. The lowest BCUT2D eigenvalue weighted by Gasteiger charge is -2.16. The summed E-state index contributed by atoms with van der Waals surface area (Å²) < 4.78 is 5.76. The first-order chi connectivity index (χ1) is 4.83. The summed E-state index contributed by atoms with van der Waals surface area (Å²) in [6, 6.07) is 0. The van der Waals surface area contributed by atoms with Crippen molar-refractivity contribution in [2.45, 2.75) is 17.8 Å². The lowest BCUT2D eigenvalue weighted by atomic mass is 10.8. The van der Waals surface area contributed by atoms with Gasteiger partial charge < -0.3 is 9.47 Å². The molecule has 0 aliphatic carbocycles. The molecule has 0 rings (SSSR count). The van der Waals surface area contributed by atoms with Gasteiger partial charge in [0.15, 0.2) is 0 Å². The monoisotopic (exact) mass is 273 g/mol. The van der Waals surface area contributed by atoms with Crippen molar-refractivity contribution in [2.75, 3.05) is 0 Å². The molecule has 0 bridgehead atoms. The predicted octanol–water partition coefficient (Wildman–Crippen LogP) is 0.589. The Kier molecular flexibility index (Phi) is 3.73. The zero-order valence-electron chi connectivity index (χ0n) is 5.92. The van der Waals surface area contributed by atoms with Crippen LogP contribution in [-0.4, -0.2) is 15.9 Å². The molecule has 0 aliphatic heterocycles. The second kappa shape index (κ2) is 3.86. The van der Waals surface area contributed by atoms with E-state index in [1.54, 1.807) is 0 Å². The molecule has 0 aromatic heterocycles. The van der Waals surface area contributed by atoms with Crippen molar-refractivity contribution in [2.24, 2.45) is 0 Å². The molecule has 1 radical (unpaired) electrons. The summed E-state index contributed by atoms with van der Waals surface area (Å²) in [5.41, 5.74) is 0. The Balaban J connectivity index is 3.99. The van der Waals surface area contributed by atoms with E-state index in [9.17, 15) is 14.7 Å². The highest BCUT2D eigenvalue weighted by Gasteiger charge is 2.32. The van der Waals surface area contributed by atoms with Crippen LogP contribution in [0.3, 0.4) is 0 Å². The van der Waals surface area contributed by atoms with Crippen LogP contribution in [0.5, 0.6) is 0 Å². The summed E-state index contributed by atoms with van der Waals surface area (Å²) >= 11 is 1.16. The largest absolute Gasteiger partial charge is 0.457 e. The van der Waals surface area contributed by atoms with E-state index in [-0.39, 0.29) is 0 Å². The molecule has 63 valence electrons. The third-order valence-corrected chi connectivity index (χ3v) is 0.972. The van der Waals surface area contributed by atoms with Gasteiger partial charge in [0, 0.05) is 13.8 Å². The number of carbonyl (C=O) groups excluding carboxylic acids is 2. The van der Waals surface area contributed by atoms with Gasteiger partial charge in [-0.15, -0.1) is 5.11 Å². The van der Waals surface area contributed by atoms with Crippen molar-refractivity contribution in [3.05, 3.63) is 0 Å². The number of rotatable bonds is 2. The van der Waals surface area contributed by atoms with Crippen LogP contribution in [0.15, 0.2) is 0 Å². The molecule has 5 nitrogen and oxygen atoms in total. The van der Waals surface area contributed by atoms with E-state index < -0.39 is 15.9 Å². The van der Waals surface area contributed by atoms with Crippen molar-refractivity contribution in [1.29, 1.82) is 0 Å². The molecule has 11 heavy (non-hydrogen) atoms. The molecule has 0 aromatic carbocycles. The number of ether oxygens (including phenoxy) is 2. The molecule has 0 unspecified atom stereocenters. The number of halogens is 1. The Morgan fingerprint density at radius 2 is 1.45 bits per heavy atom. The Hall–Kier alpha value is -0.370. The van der Waals surface area contributed by atoms with Gasteiger partial charge >= 0.3 is 15.9 Å². The van der Waals surface area contributed by atoms with Crippen LogP contribution < -0.4 is 0 Å². The molecule has 6 heteroatoms. The molecule has 0 spiro atoms. The molecule has 0 saturated carbocycles. The molecule has 0 heterocycles.